The lowest BCUT2D eigenvalue weighted by Crippen LogP contribution is -2.40. The Labute approximate surface area is 155 Å². The summed E-state index contributed by atoms with van der Waals surface area (Å²) in [5.41, 5.74) is -2.38. The molecule has 1 atom stereocenters. The second-order valence-electron chi connectivity index (χ2n) is 6.18. The summed E-state index contributed by atoms with van der Waals surface area (Å²) in [6.45, 7) is 0.162. The third-order valence-electron chi connectivity index (χ3n) is 4.48. The maximum Gasteiger partial charge on any atom is 0.325 e. The Morgan fingerprint density at radius 1 is 0.964 bits per heavy atom. The van der Waals surface area contributed by atoms with Crippen LogP contribution in [0.4, 0.5) is 26.7 Å². The van der Waals surface area contributed by atoms with Crippen LogP contribution in [0.1, 0.15) is 23.6 Å². The molecule has 144 valence electrons. The summed E-state index contributed by atoms with van der Waals surface area (Å²) in [6, 6.07) is 6.40. The van der Waals surface area contributed by atoms with Crippen molar-refractivity contribution in [2.45, 2.75) is 19.0 Å². The van der Waals surface area contributed by atoms with Crippen LogP contribution >= 0.6 is 0 Å². The molecule has 0 bridgehead atoms. The Kier molecular flexibility index (Phi) is 4.54. The number of halogens is 5. The van der Waals surface area contributed by atoms with E-state index in [0.717, 1.165) is 0 Å². The highest BCUT2D eigenvalue weighted by molar-refractivity contribution is 6.07. The van der Waals surface area contributed by atoms with Crippen LogP contribution < -0.4 is 5.32 Å². The molecule has 5 nitrogen and oxygen atoms in total. The van der Waals surface area contributed by atoms with Crippen LogP contribution in [0.2, 0.25) is 0 Å². The quantitative estimate of drug-likeness (QED) is 0.375. The van der Waals surface area contributed by atoms with E-state index in [1.807, 2.05) is 6.07 Å². The molecule has 0 radical (unpaired) electrons. The van der Waals surface area contributed by atoms with Gasteiger partial charge in [0.1, 0.15) is 5.54 Å². The SMILES string of the molecule is CC1(c2ccc(C#N)cc2)NC(=O)N(Cc2c(F)c(F)c(F)c(F)c2F)C1=O. The van der Waals surface area contributed by atoms with Crippen LogP contribution in [-0.2, 0) is 16.9 Å². The van der Waals surface area contributed by atoms with Crippen molar-refractivity contribution in [3.63, 3.8) is 0 Å². The van der Waals surface area contributed by atoms with E-state index in [-0.39, 0.29) is 5.56 Å². The Hall–Kier alpha value is -3.48. The topological polar surface area (TPSA) is 73.2 Å². The van der Waals surface area contributed by atoms with Gasteiger partial charge in [0.2, 0.25) is 5.82 Å². The number of benzene rings is 2. The summed E-state index contributed by atoms with van der Waals surface area (Å²) >= 11 is 0. The first kappa shape index (κ1) is 19.3. The first-order valence-corrected chi connectivity index (χ1v) is 7.77. The van der Waals surface area contributed by atoms with Crippen molar-refractivity contribution in [3.8, 4) is 6.07 Å². The zero-order valence-electron chi connectivity index (χ0n) is 14.1. The number of hydrogen-bond acceptors (Lipinski definition) is 3. The molecule has 2 aromatic carbocycles. The Bertz CT molecular complexity index is 1020. The van der Waals surface area contributed by atoms with Gasteiger partial charge in [-0.3, -0.25) is 9.69 Å². The summed E-state index contributed by atoms with van der Waals surface area (Å²) in [5, 5.41) is 11.2. The lowest BCUT2D eigenvalue weighted by molar-refractivity contribution is -0.131. The molecule has 1 unspecified atom stereocenters. The lowest BCUT2D eigenvalue weighted by atomic mass is 9.91. The Balaban J connectivity index is 1.98. The summed E-state index contributed by atoms with van der Waals surface area (Å²) in [4.78, 5) is 25.3. The van der Waals surface area contributed by atoms with Gasteiger partial charge < -0.3 is 5.32 Å². The van der Waals surface area contributed by atoms with Gasteiger partial charge in [-0.15, -0.1) is 0 Å². The summed E-state index contributed by atoms with van der Waals surface area (Å²) < 4.78 is 67.7. The molecule has 10 heteroatoms. The van der Waals surface area contributed by atoms with Gasteiger partial charge in [-0.05, 0) is 24.6 Å². The van der Waals surface area contributed by atoms with Gasteiger partial charge in [-0.1, -0.05) is 12.1 Å². The fourth-order valence-corrected chi connectivity index (χ4v) is 2.86. The molecule has 28 heavy (non-hydrogen) atoms. The van der Waals surface area contributed by atoms with Crippen molar-refractivity contribution >= 4 is 11.9 Å². The summed E-state index contributed by atoms with van der Waals surface area (Å²) in [5.74, 6) is -11.9. The highest BCUT2D eigenvalue weighted by Gasteiger charge is 2.49. The van der Waals surface area contributed by atoms with Crippen LogP contribution in [0.3, 0.4) is 0 Å². The molecule has 0 saturated carbocycles. The maximum absolute atomic E-state index is 13.9. The van der Waals surface area contributed by atoms with E-state index < -0.39 is 58.7 Å². The minimum absolute atomic E-state index is 0.268. The Morgan fingerprint density at radius 3 is 1.96 bits per heavy atom. The molecule has 1 heterocycles. The van der Waals surface area contributed by atoms with Gasteiger partial charge >= 0.3 is 6.03 Å². The van der Waals surface area contributed by atoms with E-state index in [1.54, 1.807) is 0 Å². The van der Waals surface area contributed by atoms with Gasteiger partial charge in [-0.2, -0.15) is 5.26 Å². The molecule has 0 aromatic heterocycles. The standard InChI is InChI=1S/C18H10F5N3O2/c1-18(9-4-2-8(6-24)3-5-9)16(27)26(17(28)25-18)7-10-11(19)13(21)15(23)14(22)12(10)20/h2-5H,7H2,1H3,(H,25,28). The van der Waals surface area contributed by atoms with Crippen molar-refractivity contribution in [1.82, 2.24) is 10.2 Å². The molecule has 1 fully saturated rings. The molecular weight excluding hydrogens is 385 g/mol. The van der Waals surface area contributed by atoms with Crippen LogP contribution in [0.25, 0.3) is 0 Å². The van der Waals surface area contributed by atoms with Crippen molar-refractivity contribution < 1.29 is 31.5 Å². The fourth-order valence-electron chi connectivity index (χ4n) is 2.86. The van der Waals surface area contributed by atoms with Gasteiger partial charge in [0.05, 0.1) is 18.2 Å². The zero-order valence-corrected chi connectivity index (χ0v) is 14.1. The largest absolute Gasteiger partial charge is 0.325 e. The number of amides is 3. The third-order valence-corrected chi connectivity index (χ3v) is 4.48. The van der Waals surface area contributed by atoms with Crippen molar-refractivity contribution in [2.75, 3.05) is 0 Å². The second-order valence-corrected chi connectivity index (χ2v) is 6.18. The van der Waals surface area contributed by atoms with Gasteiger partial charge in [-0.25, -0.2) is 26.7 Å². The molecule has 3 rings (SSSR count). The van der Waals surface area contributed by atoms with Gasteiger partial charge in [0, 0.05) is 5.56 Å². The molecule has 1 saturated heterocycles. The zero-order chi connectivity index (χ0) is 20.8. The number of imide groups is 1. The third kappa shape index (κ3) is 2.76. The van der Waals surface area contributed by atoms with E-state index in [4.69, 9.17) is 5.26 Å². The number of nitrogens with one attached hydrogen (secondary N) is 1. The van der Waals surface area contributed by atoms with E-state index in [1.165, 1.54) is 31.2 Å². The predicted molar refractivity (Wildman–Crippen MR) is 83.8 cm³/mol. The molecule has 0 aliphatic carbocycles. The second kappa shape index (κ2) is 6.60. The van der Waals surface area contributed by atoms with Crippen LogP contribution in [0.5, 0.6) is 0 Å². The molecule has 1 aliphatic heterocycles. The van der Waals surface area contributed by atoms with Crippen molar-refractivity contribution in [3.05, 3.63) is 70.0 Å². The summed E-state index contributed by atoms with van der Waals surface area (Å²) in [6.07, 6.45) is 0. The van der Waals surface area contributed by atoms with E-state index >= 15 is 0 Å². The van der Waals surface area contributed by atoms with E-state index in [2.05, 4.69) is 5.32 Å². The molecule has 3 amide bonds. The smallest absolute Gasteiger partial charge is 0.319 e. The first-order valence-electron chi connectivity index (χ1n) is 7.77. The molecular formula is C18H10F5N3O2. The van der Waals surface area contributed by atoms with Gasteiger partial charge in [0.25, 0.3) is 5.91 Å². The monoisotopic (exact) mass is 395 g/mol. The normalized spacial score (nSPS) is 19.0. The highest BCUT2D eigenvalue weighted by Crippen LogP contribution is 2.31. The average molecular weight is 395 g/mol. The number of nitrogens with zero attached hydrogens (tertiary/aromatic N) is 2. The van der Waals surface area contributed by atoms with Crippen LogP contribution in [0, 0.1) is 40.4 Å². The van der Waals surface area contributed by atoms with Crippen LogP contribution in [-0.4, -0.2) is 16.8 Å². The highest BCUT2D eigenvalue weighted by atomic mass is 19.2. The maximum atomic E-state index is 13.9. The van der Waals surface area contributed by atoms with E-state index in [9.17, 15) is 31.5 Å². The number of hydrogen-bond donors (Lipinski definition) is 1. The number of rotatable bonds is 3. The van der Waals surface area contributed by atoms with Gasteiger partial charge in [0.15, 0.2) is 23.3 Å². The van der Waals surface area contributed by atoms with Crippen LogP contribution in [0.15, 0.2) is 24.3 Å². The lowest BCUT2D eigenvalue weighted by Gasteiger charge is -2.22. The molecule has 1 N–H and O–H groups in total. The van der Waals surface area contributed by atoms with Crippen molar-refractivity contribution in [2.24, 2.45) is 0 Å². The summed E-state index contributed by atoms with van der Waals surface area (Å²) in [7, 11) is 0. The predicted octanol–water partition coefficient (Wildman–Crippen LogP) is 3.22. The van der Waals surface area contributed by atoms with Crippen molar-refractivity contribution in [1.29, 1.82) is 5.26 Å². The molecule has 2 aromatic rings. The minimum Gasteiger partial charge on any atom is -0.319 e. The number of carbonyl (C=O) groups excluding carboxylic acids is 2. The fraction of sp³-hybridized carbons (Fsp3) is 0.167. The number of carbonyl (C=O) groups is 2. The number of nitriles is 1. The Morgan fingerprint density at radius 2 is 1.46 bits per heavy atom. The minimum atomic E-state index is -2.33. The number of urea groups is 1. The van der Waals surface area contributed by atoms with E-state index in [0.29, 0.717) is 10.5 Å². The average Bonchev–Trinajstić information content (AvgIpc) is 2.91. The molecule has 0 spiro atoms. The first-order chi connectivity index (χ1) is 13.1. The molecule has 1 aliphatic rings.